The molecule has 0 aliphatic heterocycles. The highest BCUT2D eigenvalue weighted by atomic mass is 35.5. The summed E-state index contributed by atoms with van der Waals surface area (Å²) in [6.45, 7) is 1.27. The third kappa shape index (κ3) is 4.43. The molecule has 7 nitrogen and oxygen atoms in total. The highest BCUT2D eigenvalue weighted by molar-refractivity contribution is 7.90. The maximum Gasteiger partial charge on any atom is 0.175 e. The summed E-state index contributed by atoms with van der Waals surface area (Å²) in [5.74, 6) is 0.664. The zero-order chi connectivity index (χ0) is 18.0. The monoisotopic (exact) mass is 397 g/mol. The summed E-state index contributed by atoms with van der Waals surface area (Å²) in [5.41, 5.74) is 0.708. The third-order valence-corrected chi connectivity index (χ3v) is 5.85. The molecule has 0 bridgehead atoms. The molecule has 0 aliphatic rings. The second-order valence-corrected chi connectivity index (χ2v) is 9.47. The van der Waals surface area contributed by atoms with Gasteiger partial charge in [-0.05, 0) is 53.9 Å². The molecule has 132 valence electrons. The standard InChI is InChI=1S/C15H16ClN5O2S2/c1-20(9-12-5-8-14(16)24-12)10-15-17-18-19-21(15)11-3-6-13(7-4-11)25(2,22)23/h3-8H,9-10H2,1-2H3. The lowest BCUT2D eigenvalue weighted by molar-refractivity contribution is 0.310. The van der Waals surface area contributed by atoms with Crippen LogP contribution in [0.2, 0.25) is 4.34 Å². The van der Waals surface area contributed by atoms with E-state index in [4.69, 9.17) is 11.6 Å². The van der Waals surface area contributed by atoms with Crippen molar-refractivity contribution >= 4 is 32.8 Å². The molecule has 0 unspecified atom stereocenters. The van der Waals surface area contributed by atoms with E-state index in [0.29, 0.717) is 18.1 Å². The van der Waals surface area contributed by atoms with Crippen molar-refractivity contribution < 1.29 is 8.42 Å². The van der Waals surface area contributed by atoms with E-state index in [0.717, 1.165) is 15.8 Å². The Morgan fingerprint density at radius 2 is 1.88 bits per heavy atom. The molecule has 0 amide bonds. The fourth-order valence-electron chi connectivity index (χ4n) is 2.34. The largest absolute Gasteiger partial charge is 0.294 e. The number of tetrazole rings is 1. The van der Waals surface area contributed by atoms with Gasteiger partial charge in [-0.2, -0.15) is 4.68 Å². The van der Waals surface area contributed by atoms with Crippen molar-refractivity contribution in [3.05, 3.63) is 51.4 Å². The molecule has 10 heteroatoms. The van der Waals surface area contributed by atoms with Crippen molar-refractivity contribution in [2.45, 2.75) is 18.0 Å². The number of hydrogen-bond acceptors (Lipinski definition) is 7. The minimum atomic E-state index is -3.23. The van der Waals surface area contributed by atoms with Crippen LogP contribution in [-0.2, 0) is 22.9 Å². The number of halogens is 1. The number of thiophene rings is 1. The van der Waals surface area contributed by atoms with Crippen LogP contribution in [0.3, 0.4) is 0 Å². The smallest absolute Gasteiger partial charge is 0.175 e. The summed E-state index contributed by atoms with van der Waals surface area (Å²) in [6, 6.07) is 10.4. The molecule has 3 aromatic rings. The van der Waals surface area contributed by atoms with Crippen LogP contribution < -0.4 is 0 Å². The molecule has 3 rings (SSSR count). The van der Waals surface area contributed by atoms with Gasteiger partial charge < -0.3 is 0 Å². The maximum absolute atomic E-state index is 11.6. The summed E-state index contributed by atoms with van der Waals surface area (Å²) in [6.07, 6.45) is 1.18. The number of hydrogen-bond donors (Lipinski definition) is 0. The van der Waals surface area contributed by atoms with Gasteiger partial charge in [0.1, 0.15) is 0 Å². The fraction of sp³-hybridized carbons (Fsp3) is 0.267. The Bertz CT molecular complexity index is 966. The minimum Gasteiger partial charge on any atom is -0.294 e. The molecule has 0 aliphatic carbocycles. The van der Waals surface area contributed by atoms with Crippen LogP contribution in [0.4, 0.5) is 0 Å². The van der Waals surface area contributed by atoms with Crippen molar-refractivity contribution in [1.29, 1.82) is 0 Å². The molecule has 2 heterocycles. The average molecular weight is 398 g/mol. The van der Waals surface area contributed by atoms with Crippen LogP contribution in [0.25, 0.3) is 5.69 Å². The average Bonchev–Trinajstić information content (AvgIpc) is 3.15. The molecule has 1 aromatic carbocycles. The molecular weight excluding hydrogens is 382 g/mol. The first kappa shape index (κ1) is 18.0. The first-order valence-electron chi connectivity index (χ1n) is 7.33. The molecule has 0 N–H and O–H groups in total. The summed E-state index contributed by atoms with van der Waals surface area (Å²) in [5, 5.41) is 11.8. The third-order valence-electron chi connectivity index (χ3n) is 3.51. The highest BCUT2D eigenvalue weighted by Gasteiger charge is 2.13. The van der Waals surface area contributed by atoms with Gasteiger partial charge in [-0.3, -0.25) is 4.90 Å². The molecule has 0 saturated heterocycles. The SMILES string of the molecule is CN(Cc1ccc(Cl)s1)Cc1nnnn1-c1ccc(S(C)(=O)=O)cc1. The van der Waals surface area contributed by atoms with E-state index in [9.17, 15) is 8.42 Å². The minimum absolute atomic E-state index is 0.262. The van der Waals surface area contributed by atoms with Crippen LogP contribution in [0.5, 0.6) is 0 Å². The quantitative estimate of drug-likeness (QED) is 0.635. The van der Waals surface area contributed by atoms with E-state index < -0.39 is 9.84 Å². The zero-order valence-corrected chi connectivity index (χ0v) is 16.0. The van der Waals surface area contributed by atoms with Gasteiger partial charge in [0, 0.05) is 17.7 Å². The number of sulfone groups is 1. The number of aromatic nitrogens is 4. The Kier molecular flexibility index (Phi) is 5.19. The lowest BCUT2D eigenvalue weighted by Crippen LogP contribution is -2.19. The summed E-state index contributed by atoms with van der Waals surface area (Å²) in [4.78, 5) is 3.50. The van der Waals surface area contributed by atoms with Gasteiger partial charge in [-0.1, -0.05) is 11.6 Å². The molecule has 0 spiro atoms. The lowest BCUT2D eigenvalue weighted by atomic mass is 10.3. The van der Waals surface area contributed by atoms with E-state index in [1.165, 1.54) is 6.26 Å². The first-order chi connectivity index (χ1) is 11.8. The number of rotatable bonds is 6. The second kappa shape index (κ2) is 7.20. The highest BCUT2D eigenvalue weighted by Crippen LogP contribution is 2.23. The zero-order valence-electron chi connectivity index (χ0n) is 13.6. The molecule has 0 fully saturated rings. The van der Waals surface area contributed by atoms with Crippen molar-refractivity contribution in [3.8, 4) is 5.69 Å². The van der Waals surface area contributed by atoms with Gasteiger partial charge in [0.2, 0.25) is 0 Å². The molecule has 0 saturated carbocycles. The molecule has 25 heavy (non-hydrogen) atoms. The van der Waals surface area contributed by atoms with Crippen LogP contribution in [0, 0.1) is 0 Å². The normalized spacial score (nSPS) is 12.0. The number of benzene rings is 1. The van der Waals surface area contributed by atoms with Crippen LogP contribution >= 0.6 is 22.9 Å². The van der Waals surface area contributed by atoms with E-state index in [2.05, 4.69) is 20.4 Å². The van der Waals surface area contributed by atoms with E-state index in [1.807, 2.05) is 19.2 Å². The predicted molar refractivity (Wildman–Crippen MR) is 96.8 cm³/mol. The fourth-order valence-corrected chi connectivity index (χ4v) is 4.14. The Balaban J connectivity index is 1.76. The molecule has 2 aromatic heterocycles. The van der Waals surface area contributed by atoms with Crippen LogP contribution in [-0.4, -0.2) is 46.8 Å². The van der Waals surface area contributed by atoms with Crippen LogP contribution in [0.1, 0.15) is 10.7 Å². The van der Waals surface area contributed by atoms with Gasteiger partial charge in [0.05, 0.1) is 21.5 Å². The van der Waals surface area contributed by atoms with Crippen molar-refractivity contribution in [3.63, 3.8) is 0 Å². The predicted octanol–water partition coefficient (Wildman–Crippen LogP) is 2.41. The second-order valence-electron chi connectivity index (χ2n) is 5.65. The Morgan fingerprint density at radius 1 is 1.16 bits per heavy atom. The maximum atomic E-state index is 11.6. The summed E-state index contributed by atoms with van der Waals surface area (Å²) in [7, 11) is -1.26. The van der Waals surface area contributed by atoms with Gasteiger partial charge in [0.15, 0.2) is 15.7 Å². The summed E-state index contributed by atoms with van der Waals surface area (Å²) < 4.78 is 25.5. The topological polar surface area (TPSA) is 81.0 Å². The summed E-state index contributed by atoms with van der Waals surface area (Å²) >= 11 is 7.50. The van der Waals surface area contributed by atoms with Gasteiger partial charge in [0.25, 0.3) is 0 Å². The van der Waals surface area contributed by atoms with Crippen molar-refractivity contribution in [2.24, 2.45) is 0 Å². The van der Waals surface area contributed by atoms with Crippen molar-refractivity contribution in [2.75, 3.05) is 13.3 Å². The van der Waals surface area contributed by atoms with Gasteiger partial charge >= 0.3 is 0 Å². The van der Waals surface area contributed by atoms with E-state index in [1.54, 1.807) is 40.3 Å². The Hall–Kier alpha value is -1.81. The Morgan fingerprint density at radius 3 is 2.48 bits per heavy atom. The van der Waals surface area contributed by atoms with Crippen molar-refractivity contribution in [1.82, 2.24) is 25.1 Å². The van der Waals surface area contributed by atoms with E-state index in [-0.39, 0.29) is 4.90 Å². The van der Waals surface area contributed by atoms with Gasteiger partial charge in [-0.25, -0.2) is 8.42 Å². The molecule has 0 atom stereocenters. The van der Waals surface area contributed by atoms with Crippen LogP contribution in [0.15, 0.2) is 41.3 Å². The molecular formula is C15H16ClN5O2S2. The van der Waals surface area contributed by atoms with E-state index >= 15 is 0 Å². The first-order valence-corrected chi connectivity index (χ1v) is 10.4. The lowest BCUT2D eigenvalue weighted by Gasteiger charge is -2.15. The molecule has 0 radical (unpaired) electrons. The van der Waals surface area contributed by atoms with Gasteiger partial charge in [-0.15, -0.1) is 16.4 Å². The Labute approximate surface area is 154 Å². The number of nitrogens with zero attached hydrogens (tertiary/aromatic N) is 5.